The molecule has 0 spiro atoms. The van der Waals surface area contributed by atoms with Gasteiger partial charge in [0, 0.05) is 0 Å². The Kier molecular flexibility index (Phi) is 2.93. The second kappa shape index (κ2) is 4.95. The van der Waals surface area contributed by atoms with Crippen LogP contribution in [-0.2, 0) is 0 Å². The average molecular weight is 284 g/mol. The van der Waals surface area contributed by atoms with Crippen LogP contribution in [-0.4, -0.2) is 0 Å². The van der Waals surface area contributed by atoms with Crippen LogP contribution in [0.1, 0.15) is 0 Å². The largest absolute Gasteiger partial charge is 0.274 e. The van der Waals surface area contributed by atoms with Crippen LogP contribution in [0.3, 0.4) is 0 Å². The Bertz CT molecular complexity index is 1010. The fourth-order valence-corrected chi connectivity index (χ4v) is 3.56. The predicted octanol–water partition coefficient (Wildman–Crippen LogP) is 4.56. The van der Waals surface area contributed by atoms with Crippen molar-refractivity contribution in [3.8, 4) is 0 Å². The summed E-state index contributed by atoms with van der Waals surface area (Å²) >= 11 is 0. The molecule has 0 radical (unpaired) electrons. The maximum absolute atomic E-state index is 4.00. The Morgan fingerprint density at radius 2 is 0.818 bits per heavy atom. The van der Waals surface area contributed by atoms with Crippen LogP contribution in [0.2, 0.25) is 0 Å². The lowest BCUT2D eigenvalue weighted by Gasteiger charge is -2.14. The van der Waals surface area contributed by atoms with Crippen molar-refractivity contribution in [3.05, 3.63) is 72.8 Å². The average Bonchev–Trinajstić information content (AvgIpc) is 2.62. The summed E-state index contributed by atoms with van der Waals surface area (Å²) in [6.07, 6.45) is 0. The van der Waals surface area contributed by atoms with E-state index in [1.807, 2.05) is 0 Å². The maximum Gasteiger partial charge on any atom is -0.00203 e. The summed E-state index contributed by atoms with van der Waals surface area (Å²) in [7, 11) is 0. The van der Waals surface area contributed by atoms with Crippen molar-refractivity contribution in [2.24, 2.45) is 11.7 Å². The van der Waals surface area contributed by atoms with E-state index in [0.717, 1.165) is 0 Å². The second-order valence-corrected chi connectivity index (χ2v) is 5.42. The van der Waals surface area contributed by atoms with Crippen LogP contribution in [0.25, 0.3) is 43.1 Å². The number of rotatable bonds is 0. The van der Waals surface area contributed by atoms with Crippen molar-refractivity contribution >= 4 is 43.1 Å². The summed E-state index contributed by atoms with van der Waals surface area (Å²) in [4.78, 5) is 0. The van der Waals surface area contributed by atoms with E-state index in [-0.39, 0.29) is 0 Å². The molecule has 106 valence electrons. The van der Waals surface area contributed by atoms with E-state index >= 15 is 0 Å². The number of hydrazine groups is 1. The maximum atomic E-state index is 4.00. The Balaban J connectivity index is 0.000000602. The molecule has 0 aliphatic heterocycles. The third-order valence-corrected chi connectivity index (χ3v) is 4.39. The fourth-order valence-electron chi connectivity index (χ4n) is 3.56. The van der Waals surface area contributed by atoms with Crippen molar-refractivity contribution in [3.63, 3.8) is 0 Å². The fraction of sp³-hybridized carbons (Fsp3) is 0. The van der Waals surface area contributed by atoms with Gasteiger partial charge in [0.15, 0.2) is 0 Å². The summed E-state index contributed by atoms with van der Waals surface area (Å²) in [5.74, 6) is 8.00. The van der Waals surface area contributed by atoms with Gasteiger partial charge in [-0.25, -0.2) is 0 Å². The number of fused-ring (bicyclic) bond motifs is 3. The van der Waals surface area contributed by atoms with E-state index < -0.39 is 0 Å². The molecule has 4 N–H and O–H groups in total. The second-order valence-electron chi connectivity index (χ2n) is 5.42. The minimum absolute atomic E-state index is 1.33. The first-order valence-corrected chi connectivity index (χ1v) is 7.31. The van der Waals surface area contributed by atoms with E-state index in [2.05, 4.69) is 84.5 Å². The van der Waals surface area contributed by atoms with E-state index in [4.69, 9.17) is 0 Å². The highest BCUT2D eigenvalue weighted by Crippen LogP contribution is 2.40. The lowest BCUT2D eigenvalue weighted by molar-refractivity contribution is 1.26. The Morgan fingerprint density at radius 1 is 0.409 bits per heavy atom. The molecule has 2 heteroatoms. The Morgan fingerprint density at radius 3 is 1.27 bits per heavy atom. The Labute approximate surface area is 128 Å². The van der Waals surface area contributed by atoms with E-state index in [1.54, 1.807) is 0 Å². The van der Waals surface area contributed by atoms with Gasteiger partial charge in [-0.2, -0.15) is 0 Å². The molecule has 0 heterocycles. The van der Waals surface area contributed by atoms with Crippen LogP contribution in [0.15, 0.2) is 72.8 Å². The zero-order valence-electron chi connectivity index (χ0n) is 12.1. The molecule has 0 atom stereocenters. The highest BCUT2D eigenvalue weighted by molar-refractivity contribution is 6.33. The van der Waals surface area contributed by atoms with Gasteiger partial charge in [-0.05, 0) is 43.1 Å². The first-order chi connectivity index (χ1) is 10.9. The molecule has 0 aromatic heterocycles. The zero-order chi connectivity index (χ0) is 15.1. The molecule has 0 amide bonds. The van der Waals surface area contributed by atoms with Gasteiger partial charge in [0.05, 0.1) is 0 Å². The van der Waals surface area contributed by atoms with E-state index in [1.165, 1.54) is 43.1 Å². The van der Waals surface area contributed by atoms with Crippen molar-refractivity contribution in [2.45, 2.75) is 0 Å². The molecular formula is C20H16N2. The van der Waals surface area contributed by atoms with Gasteiger partial charge in [-0.15, -0.1) is 0 Å². The molecule has 0 saturated carbocycles. The van der Waals surface area contributed by atoms with Gasteiger partial charge in [0.2, 0.25) is 0 Å². The summed E-state index contributed by atoms with van der Waals surface area (Å²) in [5.41, 5.74) is 0. The predicted molar refractivity (Wildman–Crippen MR) is 96.0 cm³/mol. The third kappa shape index (κ3) is 1.62. The monoisotopic (exact) mass is 284 g/mol. The molecule has 22 heavy (non-hydrogen) atoms. The van der Waals surface area contributed by atoms with Gasteiger partial charge in [-0.1, -0.05) is 72.8 Å². The molecule has 5 aromatic carbocycles. The van der Waals surface area contributed by atoms with Crippen molar-refractivity contribution in [1.29, 1.82) is 0 Å². The van der Waals surface area contributed by atoms with Gasteiger partial charge in [0.25, 0.3) is 0 Å². The zero-order valence-corrected chi connectivity index (χ0v) is 12.1. The molecule has 5 aromatic rings. The lowest BCUT2D eigenvalue weighted by atomic mass is 9.89. The SMILES string of the molecule is NN.c1ccc2c(c1)c1cccc3ccc4cccc2c4c31. The van der Waals surface area contributed by atoms with Gasteiger partial charge in [-0.3, -0.25) is 11.7 Å². The lowest BCUT2D eigenvalue weighted by Crippen LogP contribution is -2.02. The van der Waals surface area contributed by atoms with Gasteiger partial charge < -0.3 is 0 Å². The molecule has 0 unspecified atom stereocenters. The van der Waals surface area contributed by atoms with Crippen LogP contribution in [0.5, 0.6) is 0 Å². The summed E-state index contributed by atoms with van der Waals surface area (Å²) in [5, 5.41) is 10.9. The van der Waals surface area contributed by atoms with Crippen molar-refractivity contribution in [2.75, 3.05) is 0 Å². The number of nitrogens with two attached hydrogens (primary N) is 2. The highest BCUT2D eigenvalue weighted by atomic mass is 15.0. The summed E-state index contributed by atoms with van der Waals surface area (Å²) < 4.78 is 0. The third-order valence-electron chi connectivity index (χ3n) is 4.39. The van der Waals surface area contributed by atoms with Crippen LogP contribution < -0.4 is 11.7 Å². The quantitative estimate of drug-likeness (QED) is 0.190. The molecule has 0 aliphatic rings. The smallest absolute Gasteiger partial charge is 0.00203 e. The topological polar surface area (TPSA) is 52.0 Å². The minimum atomic E-state index is 1.33. The molecule has 0 bridgehead atoms. The molecule has 5 rings (SSSR count). The number of hydrogen-bond donors (Lipinski definition) is 2. The standard InChI is InChI=1S/C20H12.H4N2/c1-2-8-16-15(7-1)17-9-3-5-13-11-12-14-6-4-10-18(16)20(14)19(13)17;1-2/h1-12H;1-2H2. The minimum Gasteiger partial charge on any atom is -0.274 e. The molecule has 2 nitrogen and oxygen atoms in total. The van der Waals surface area contributed by atoms with Crippen LogP contribution in [0, 0.1) is 0 Å². The Hall–Kier alpha value is -2.68. The van der Waals surface area contributed by atoms with Crippen LogP contribution >= 0.6 is 0 Å². The van der Waals surface area contributed by atoms with Gasteiger partial charge in [0.1, 0.15) is 0 Å². The van der Waals surface area contributed by atoms with E-state index in [9.17, 15) is 0 Å². The van der Waals surface area contributed by atoms with Crippen molar-refractivity contribution < 1.29 is 0 Å². The molecule has 0 saturated heterocycles. The summed E-state index contributed by atoms with van der Waals surface area (Å²) in [6.45, 7) is 0. The number of hydrogen-bond acceptors (Lipinski definition) is 2. The van der Waals surface area contributed by atoms with Crippen LogP contribution in [0.4, 0.5) is 0 Å². The first-order valence-electron chi connectivity index (χ1n) is 7.31. The molecule has 0 fully saturated rings. The summed E-state index contributed by atoms with van der Waals surface area (Å²) in [6, 6.07) is 26.4. The van der Waals surface area contributed by atoms with E-state index in [0.29, 0.717) is 0 Å². The first kappa shape index (κ1) is 13.0. The normalized spacial score (nSPS) is 11.2. The van der Waals surface area contributed by atoms with Crippen molar-refractivity contribution in [1.82, 2.24) is 0 Å². The van der Waals surface area contributed by atoms with Gasteiger partial charge >= 0.3 is 0 Å². The molecule has 0 aliphatic carbocycles. The molecular weight excluding hydrogens is 268 g/mol. The highest BCUT2D eigenvalue weighted by Gasteiger charge is 2.11. The number of benzene rings is 5.